The molecule has 0 bridgehead atoms. The van der Waals surface area contributed by atoms with Gasteiger partial charge in [-0.1, -0.05) is 37.3 Å². The Bertz CT molecular complexity index is 775. The van der Waals surface area contributed by atoms with E-state index in [4.69, 9.17) is 4.74 Å². The van der Waals surface area contributed by atoms with Crippen LogP contribution in [0, 0.1) is 5.92 Å². The van der Waals surface area contributed by atoms with Crippen molar-refractivity contribution in [1.82, 2.24) is 9.80 Å². The Morgan fingerprint density at radius 1 is 0.963 bits per heavy atom. The van der Waals surface area contributed by atoms with Crippen LogP contribution in [0.15, 0.2) is 42.5 Å². The van der Waals surface area contributed by atoms with Crippen molar-refractivity contribution in [1.29, 1.82) is 0 Å². The minimum Gasteiger partial charge on any atom is -0.484 e. The van der Waals surface area contributed by atoms with Crippen LogP contribution in [0.2, 0.25) is 0 Å². The zero-order chi connectivity index (χ0) is 18.6. The minimum atomic E-state index is 0.0973. The highest BCUT2D eigenvalue weighted by molar-refractivity contribution is 5.84. The first kappa shape index (κ1) is 18.3. The van der Waals surface area contributed by atoms with E-state index in [1.807, 2.05) is 35.2 Å². The molecule has 4 heteroatoms. The second-order valence-electron chi connectivity index (χ2n) is 8.13. The highest BCUT2D eigenvalue weighted by Crippen LogP contribution is 2.27. The maximum Gasteiger partial charge on any atom is 0.260 e. The number of benzene rings is 2. The lowest BCUT2D eigenvalue weighted by atomic mass is 9.86. The predicted molar refractivity (Wildman–Crippen MR) is 109 cm³/mol. The van der Waals surface area contributed by atoms with Crippen molar-refractivity contribution in [2.24, 2.45) is 5.92 Å². The van der Waals surface area contributed by atoms with Gasteiger partial charge in [-0.3, -0.25) is 9.69 Å². The number of hydrogen-bond acceptors (Lipinski definition) is 3. The van der Waals surface area contributed by atoms with Crippen LogP contribution in [0.25, 0.3) is 10.8 Å². The highest BCUT2D eigenvalue weighted by atomic mass is 16.5. The first-order valence-corrected chi connectivity index (χ1v) is 10.3. The molecule has 2 aromatic rings. The highest BCUT2D eigenvalue weighted by Gasteiger charge is 2.28. The summed E-state index contributed by atoms with van der Waals surface area (Å²) < 4.78 is 5.78. The van der Waals surface area contributed by atoms with Gasteiger partial charge in [0.1, 0.15) is 5.75 Å². The zero-order valence-corrected chi connectivity index (χ0v) is 16.3. The van der Waals surface area contributed by atoms with Gasteiger partial charge in [0.25, 0.3) is 5.91 Å². The molecule has 4 nitrogen and oxygen atoms in total. The van der Waals surface area contributed by atoms with Crippen LogP contribution >= 0.6 is 0 Å². The molecule has 0 aromatic heterocycles. The van der Waals surface area contributed by atoms with Gasteiger partial charge in [-0.05, 0) is 54.5 Å². The number of carbonyl (C=O) groups is 1. The number of carbonyl (C=O) groups excluding carboxylic acids is 1. The van der Waals surface area contributed by atoms with E-state index >= 15 is 0 Å². The fourth-order valence-electron chi connectivity index (χ4n) is 4.44. The Morgan fingerprint density at radius 2 is 1.67 bits per heavy atom. The molecule has 4 rings (SSSR count). The van der Waals surface area contributed by atoms with Gasteiger partial charge in [0.2, 0.25) is 0 Å². The van der Waals surface area contributed by atoms with Gasteiger partial charge in [0, 0.05) is 32.2 Å². The molecular weight excluding hydrogens is 336 g/mol. The zero-order valence-electron chi connectivity index (χ0n) is 16.3. The molecule has 0 unspecified atom stereocenters. The summed E-state index contributed by atoms with van der Waals surface area (Å²) in [6.45, 7) is 6.14. The van der Waals surface area contributed by atoms with Crippen molar-refractivity contribution < 1.29 is 9.53 Å². The summed E-state index contributed by atoms with van der Waals surface area (Å²) in [5.74, 6) is 1.74. The van der Waals surface area contributed by atoms with Crippen LogP contribution < -0.4 is 4.74 Å². The van der Waals surface area contributed by atoms with Crippen molar-refractivity contribution in [2.45, 2.75) is 38.6 Å². The van der Waals surface area contributed by atoms with Crippen LogP contribution in [-0.2, 0) is 4.79 Å². The topological polar surface area (TPSA) is 32.8 Å². The van der Waals surface area contributed by atoms with E-state index in [0.29, 0.717) is 0 Å². The molecule has 1 aliphatic heterocycles. The van der Waals surface area contributed by atoms with E-state index in [1.165, 1.54) is 31.1 Å². The van der Waals surface area contributed by atoms with Gasteiger partial charge in [0.05, 0.1) is 0 Å². The van der Waals surface area contributed by atoms with Crippen LogP contribution in [-0.4, -0.2) is 54.5 Å². The third-order valence-corrected chi connectivity index (χ3v) is 6.25. The van der Waals surface area contributed by atoms with E-state index in [9.17, 15) is 4.79 Å². The number of ether oxygens (including phenoxy) is 1. The quantitative estimate of drug-likeness (QED) is 0.822. The fraction of sp³-hybridized carbons (Fsp3) is 0.522. The van der Waals surface area contributed by atoms with Crippen molar-refractivity contribution in [3.63, 3.8) is 0 Å². The van der Waals surface area contributed by atoms with Crippen LogP contribution in [0.4, 0.5) is 0 Å². The third-order valence-electron chi connectivity index (χ3n) is 6.25. The van der Waals surface area contributed by atoms with Gasteiger partial charge >= 0.3 is 0 Å². The normalized spacial score (nSPS) is 24.1. The second-order valence-corrected chi connectivity index (χ2v) is 8.13. The molecule has 2 aromatic carbocycles. The number of amides is 1. The molecule has 1 saturated heterocycles. The lowest BCUT2D eigenvalue weighted by molar-refractivity contribution is -0.135. The summed E-state index contributed by atoms with van der Waals surface area (Å²) in [4.78, 5) is 17.1. The maximum atomic E-state index is 12.5. The lowest BCUT2D eigenvalue weighted by Crippen LogP contribution is -2.53. The molecular formula is C23H30N2O2. The Balaban J connectivity index is 1.25. The molecule has 0 N–H and O–H groups in total. The van der Waals surface area contributed by atoms with Crippen molar-refractivity contribution in [3.05, 3.63) is 42.5 Å². The Labute approximate surface area is 162 Å². The van der Waals surface area contributed by atoms with Gasteiger partial charge in [0.15, 0.2) is 6.61 Å². The first-order chi connectivity index (χ1) is 13.2. The van der Waals surface area contributed by atoms with Gasteiger partial charge < -0.3 is 9.64 Å². The van der Waals surface area contributed by atoms with Crippen LogP contribution in [0.3, 0.4) is 0 Å². The number of piperazine rings is 1. The molecule has 0 spiro atoms. The summed E-state index contributed by atoms with van der Waals surface area (Å²) in [6, 6.07) is 14.9. The van der Waals surface area contributed by atoms with Crippen molar-refractivity contribution in [2.75, 3.05) is 32.8 Å². The predicted octanol–water partition coefficient (Wildman–Crippen LogP) is 3.94. The van der Waals surface area contributed by atoms with E-state index in [1.54, 1.807) is 0 Å². The molecule has 27 heavy (non-hydrogen) atoms. The van der Waals surface area contributed by atoms with Crippen LogP contribution in [0.5, 0.6) is 5.75 Å². The summed E-state index contributed by atoms with van der Waals surface area (Å²) >= 11 is 0. The van der Waals surface area contributed by atoms with E-state index in [2.05, 4.69) is 24.0 Å². The standard InChI is InChI=1S/C23H30N2O2/c1-18-6-9-21(10-7-18)24-12-14-25(15-13-24)23(26)17-27-22-11-8-19-4-2-3-5-20(19)16-22/h2-5,8,11,16,18,21H,6-7,9-10,12-15,17H2,1H3. The molecule has 1 aliphatic carbocycles. The molecule has 2 fully saturated rings. The third kappa shape index (κ3) is 4.44. The Hall–Kier alpha value is -2.07. The Morgan fingerprint density at radius 3 is 2.41 bits per heavy atom. The molecule has 1 saturated carbocycles. The second kappa shape index (κ2) is 8.30. The number of fused-ring (bicyclic) bond motifs is 1. The van der Waals surface area contributed by atoms with Gasteiger partial charge in [-0.15, -0.1) is 0 Å². The summed E-state index contributed by atoms with van der Waals surface area (Å²) in [5.41, 5.74) is 0. The van der Waals surface area contributed by atoms with Gasteiger partial charge in [-0.2, -0.15) is 0 Å². The molecule has 1 heterocycles. The average Bonchev–Trinajstić information content (AvgIpc) is 2.72. The maximum absolute atomic E-state index is 12.5. The fourth-order valence-corrected chi connectivity index (χ4v) is 4.44. The minimum absolute atomic E-state index is 0.0973. The smallest absolute Gasteiger partial charge is 0.260 e. The summed E-state index contributed by atoms with van der Waals surface area (Å²) in [5, 5.41) is 2.32. The van der Waals surface area contributed by atoms with E-state index in [0.717, 1.165) is 49.3 Å². The Kier molecular flexibility index (Phi) is 5.63. The molecule has 144 valence electrons. The van der Waals surface area contributed by atoms with Crippen molar-refractivity contribution in [3.8, 4) is 5.75 Å². The van der Waals surface area contributed by atoms with Gasteiger partial charge in [-0.25, -0.2) is 0 Å². The summed E-state index contributed by atoms with van der Waals surface area (Å²) in [7, 11) is 0. The SMILES string of the molecule is CC1CCC(N2CCN(C(=O)COc3ccc4ccccc4c3)CC2)CC1. The average molecular weight is 367 g/mol. The number of nitrogens with zero attached hydrogens (tertiary/aromatic N) is 2. The molecule has 0 radical (unpaired) electrons. The van der Waals surface area contributed by atoms with Crippen LogP contribution in [0.1, 0.15) is 32.6 Å². The van der Waals surface area contributed by atoms with E-state index < -0.39 is 0 Å². The monoisotopic (exact) mass is 366 g/mol. The largest absolute Gasteiger partial charge is 0.484 e. The lowest BCUT2D eigenvalue weighted by Gasteiger charge is -2.41. The van der Waals surface area contributed by atoms with Crippen molar-refractivity contribution >= 4 is 16.7 Å². The number of hydrogen-bond donors (Lipinski definition) is 0. The van der Waals surface area contributed by atoms with E-state index in [-0.39, 0.29) is 12.5 Å². The number of rotatable bonds is 4. The molecule has 2 aliphatic rings. The summed E-state index contributed by atoms with van der Waals surface area (Å²) in [6.07, 6.45) is 5.34. The molecule has 0 atom stereocenters. The first-order valence-electron chi connectivity index (χ1n) is 10.3. The molecule has 1 amide bonds.